The lowest BCUT2D eigenvalue weighted by Gasteiger charge is -2.25. The zero-order valence-electron chi connectivity index (χ0n) is 13.1. The highest BCUT2D eigenvalue weighted by Crippen LogP contribution is 2.37. The van der Waals surface area contributed by atoms with Gasteiger partial charge in [-0.15, -0.1) is 0 Å². The highest BCUT2D eigenvalue weighted by molar-refractivity contribution is 9.10. The van der Waals surface area contributed by atoms with Crippen LogP contribution in [0.1, 0.15) is 6.92 Å². The molecule has 2 aromatic rings. The summed E-state index contributed by atoms with van der Waals surface area (Å²) in [5, 5.41) is 2.62. The molecule has 0 radical (unpaired) electrons. The lowest BCUT2D eigenvalue weighted by molar-refractivity contribution is -0.118. The lowest BCUT2D eigenvalue weighted by atomic mass is 10.2. The molecule has 0 spiro atoms. The van der Waals surface area contributed by atoms with Crippen molar-refractivity contribution in [2.75, 3.05) is 22.8 Å². The number of hydrogen-bond acceptors (Lipinski definition) is 4. The molecule has 1 N–H and O–H groups in total. The molecule has 2 aromatic carbocycles. The summed E-state index contributed by atoms with van der Waals surface area (Å²) in [4.78, 5) is 11.4. The van der Waals surface area contributed by atoms with Gasteiger partial charge in [0.15, 0.2) is 6.61 Å². The van der Waals surface area contributed by atoms with E-state index in [2.05, 4.69) is 21.2 Å². The highest BCUT2D eigenvalue weighted by atomic mass is 79.9. The van der Waals surface area contributed by atoms with Gasteiger partial charge in [0.25, 0.3) is 15.9 Å². The maximum Gasteiger partial charge on any atom is 0.265 e. The molecule has 0 fully saturated rings. The Hall–Kier alpha value is -2.13. The van der Waals surface area contributed by atoms with Crippen LogP contribution in [0, 0.1) is 5.82 Å². The number of hydrogen-bond donors (Lipinski definition) is 1. The maximum atomic E-state index is 13.1. The van der Waals surface area contributed by atoms with E-state index in [1.54, 1.807) is 6.92 Å². The van der Waals surface area contributed by atoms with E-state index in [1.165, 1.54) is 40.7 Å². The first kappa shape index (κ1) is 17.7. The second-order valence-corrected chi connectivity index (χ2v) is 7.95. The topological polar surface area (TPSA) is 75.7 Å². The molecule has 0 saturated heterocycles. The van der Waals surface area contributed by atoms with Gasteiger partial charge in [0.2, 0.25) is 0 Å². The maximum absolute atomic E-state index is 13.1. The standard InChI is InChI=1S/C16H14BrFN2O4S/c1-2-20(11-5-3-10(18)4-6-11)25(22,23)15-8-14-13(7-12(15)17)19-16(21)9-24-14/h3-8H,2,9H2,1H3,(H,19,21). The summed E-state index contributed by atoms with van der Waals surface area (Å²) in [5.41, 5.74) is 0.745. The number of amides is 1. The van der Waals surface area contributed by atoms with Gasteiger partial charge in [-0.2, -0.15) is 0 Å². The van der Waals surface area contributed by atoms with Crippen LogP contribution < -0.4 is 14.4 Å². The quantitative estimate of drug-likeness (QED) is 0.811. The predicted molar refractivity (Wildman–Crippen MR) is 94.9 cm³/mol. The Morgan fingerprint density at radius 1 is 1.28 bits per heavy atom. The number of nitrogens with one attached hydrogen (secondary N) is 1. The molecule has 3 rings (SSSR count). The molecule has 0 saturated carbocycles. The molecule has 0 atom stereocenters. The Morgan fingerprint density at radius 2 is 1.96 bits per heavy atom. The molecule has 0 bridgehead atoms. The van der Waals surface area contributed by atoms with Crippen molar-refractivity contribution < 1.29 is 22.3 Å². The Balaban J connectivity index is 2.07. The molecule has 0 unspecified atom stereocenters. The van der Waals surface area contributed by atoms with E-state index in [4.69, 9.17) is 4.74 Å². The van der Waals surface area contributed by atoms with Crippen molar-refractivity contribution in [3.63, 3.8) is 0 Å². The second kappa shape index (κ2) is 6.64. The molecule has 0 aliphatic carbocycles. The lowest BCUT2D eigenvalue weighted by Crippen LogP contribution is -2.31. The molecular weight excluding hydrogens is 415 g/mol. The van der Waals surface area contributed by atoms with Crippen LogP contribution >= 0.6 is 15.9 Å². The van der Waals surface area contributed by atoms with Crippen molar-refractivity contribution in [2.45, 2.75) is 11.8 Å². The zero-order chi connectivity index (χ0) is 18.2. The molecular formula is C16H14BrFN2O4S. The van der Waals surface area contributed by atoms with Crippen LogP contribution in [0.3, 0.4) is 0 Å². The monoisotopic (exact) mass is 428 g/mol. The van der Waals surface area contributed by atoms with Gasteiger partial charge in [0.05, 0.1) is 11.4 Å². The van der Waals surface area contributed by atoms with Crippen LogP contribution in [0.25, 0.3) is 0 Å². The highest BCUT2D eigenvalue weighted by Gasteiger charge is 2.29. The molecule has 1 aliphatic heterocycles. The summed E-state index contributed by atoms with van der Waals surface area (Å²) in [5.74, 6) is -0.482. The minimum atomic E-state index is -3.92. The minimum Gasteiger partial charge on any atom is -0.482 e. The fourth-order valence-corrected chi connectivity index (χ4v) is 4.99. The average molecular weight is 429 g/mol. The third-order valence-electron chi connectivity index (χ3n) is 3.64. The first-order valence-electron chi connectivity index (χ1n) is 7.37. The predicted octanol–water partition coefficient (Wildman–Crippen LogP) is 3.13. The zero-order valence-corrected chi connectivity index (χ0v) is 15.5. The van der Waals surface area contributed by atoms with Crippen LogP contribution in [0.4, 0.5) is 15.8 Å². The summed E-state index contributed by atoms with van der Waals surface area (Å²) in [6.45, 7) is 1.67. The smallest absolute Gasteiger partial charge is 0.265 e. The van der Waals surface area contributed by atoms with Crippen molar-refractivity contribution in [1.29, 1.82) is 0 Å². The molecule has 9 heteroatoms. The van der Waals surface area contributed by atoms with Gasteiger partial charge in [-0.05, 0) is 53.2 Å². The van der Waals surface area contributed by atoms with Crippen molar-refractivity contribution in [3.8, 4) is 5.75 Å². The second-order valence-electron chi connectivity index (χ2n) is 5.26. The van der Waals surface area contributed by atoms with E-state index in [9.17, 15) is 17.6 Å². The summed E-state index contributed by atoms with van der Waals surface area (Å²) in [6, 6.07) is 8.05. The Bertz CT molecular complexity index is 932. The Labute approximate surface area is 152 Å². The van der Waals surface area contributed by atoms with Crippen LogP contribution in [0.2, 0.25) is 0 Å². The van der Waals surface area contributed by atoms with E-state index in [0.29, 0.717) is 11.4 Å². The number of nitrogens with zero attached hydrogens (tertiary/aromatic N) is 1. The molecule has 1 aliphatic rings. The summed E-state index contributed by atoms with van der Waals surface area (Å²) in [7, 11) is -3.92. The Morgan fingerprint density at radius 3 is 2.60 bits per heavy atom. The van der Waals surface area contributed by atoms with Gasteiger partial charge in [-0.1, -0.05) is 0 Å². The molecule has 132 valence electrons. The van der Waals surface area contributed by atoms with Gasteiger partial charge in [0, 0.05) is 17.1 Å². The average Bonchev–Trinajstić information content (AvgIpc) is 2.56. The molecule has 1 amide bonds. The molecule has 25 heavy (non-hydrogen) atoms. The van der Waals surface area contributed by atoms with Crippen molar-refractivity contribution in [2.24, 2.45) is 0 Å². The van der Waals surface area contributed by atoms with Gasteiger partial charge >= 0.3 is 0 Å². The SMILES string of the molecule is CCN(c1ccc(F)cc1)S(=O)(=O)c1cc2c(cc1Br)NC(=O)CO2. The third-order valence-corrected chi connectivity index (χ3v) is 6.50. The van der Waals surface area contributed by atoms with Gasteiger partial charge < -0.3 is 10.1 Å². The largest absolute Gasteiger partial charge is 0.482 e. The van der Waals surface area contributed by atoms with E-state index >= 15 is 0 Å². The number of anilines is 2. The number of fused-ring (bicyclic) bond motifs is 1. The number of halogens is 2. The van der Waals surface area contributed by atoms with Crippen molar-refractivity contribution in [3.05, 3.63) is 46.7 Å². The number of carbonyl (C=O) groups excluding carboxylic acids is 1. The van der Waals surface area contributed by atoms with Crippen molar-refractivity contribution in [1.82, 2.24) is 0 Å². The molecule has 0 aromatic heterocycles. The van der Waals surface area contributed by atoms with E-state index < -0.39 is 15.8 Å². The third kappa shape index (κ3) is 3.34. The number of rotatable bonds is 4. The fourth-order valence-electron chi connectivity index (χ4n) is 2.50. The van der Waals surface area contributed by atoms with E-state index in [0.717, 1.165) is 0 Å². The summed E-state index contributed by atoms with van der Waals surface area (Å²) < 4.78 is 46.0. The van der Waals surface area contributed by atoms with Crippen LogP contribution in [-0.4, -0.2) is 27.5 Å². The molecule has 1 heterocycles. The molecule has 6 nitrogen and oxygen atoms in total. The van der Waals surface area contributed by atoms with Crippen LogP contribution in [-0.2, 0) is 14.8 Å². The van der Waals surface area contributed by atoms with Crippen LogP contribution in [0.15, 0.2) is 45.8 Å². The van der Waals surface area contributed by atoms with Gasteiger partial charge in [-0.25, -0.2) is 12.8 Å². The number of carbonyl (C=O) groups is 1. The van der Waals surface area contributed by atoms with Gasteiger partial charge in [0.1, 0.15) is 16.5 Å². The summed E-state index contributed by atoms with van der Waals surface area (Å²) in [6.07, 6.45) is 0. The van der Waals surface area contributed by atoms with E-state index in [-0.39, 0.29) is 34.2 Å². The van der Waals surface area contributed by atoms with Gasteiger partial charge in [-0.3, -0.25) is 9.10 Å². The van der Waals surface area contributed by atoms with Crippen molar-refractivity contribution >= 4 is 43.2 Å². The number of ether oxygens (including phenoxy) is 1. The fraction of sp³-hybridized carbons (Fsp3) is 0.188. The first-order valence-corrected chi connectivity index (χ1v) is 9.60. The Kier molecular flexibility index (Phi) is 4.70. The number of sulfonamides is 1. The normalized spacial score (nSPS) is 13.6. The van der Waals surface area contributed by atoms with E-state index in [1.807, 2.05) is 0 Å². The van der Waals surface area contributed by atoms with Crippen LogP contribution in [0.5, 0.6) is 5.75 Å². The summed E-state index contributed by atoms with van der Waals surface area (Å²) >= 11 is 3.24. The number of benzene rings is 2. The minimum absolute atomic E-state index is 0.00595. The first-order chi connectivity index (χ1) is 11.8.